The van der Waals surface area contributed by atoms with Crippen LogP contribution < -0.4 is 5.32 Å². The highest BCUT2D eigenvalue weighted by molar-refractivity contribution is 5.65. The Hall–Kier alpha value is -1.80. The van der Waals surface area contributed by atoms with Crippen LogP contribution in [0.15, 0.2) is 54.6 Å². The van der Waals surface area contributed by atoms with Gasteiger partial charge in [-0.15, -0.1) is 0 Å². The third kappa shape index (κ3) is 3.64. The minimum atomic E-state index is -0.518. The second-order valence-corrected chi connectivity index (χ2v) is 6.08. The number of anilines is 1. The predicted molar refractivity (Wildman–Crippen MR) is 88.4 cm³/mol. The summed E-state index contributed by atoms with van der Waals surface area (Å²) in [5.74, 6) is 0. The average molecular weight is 281 g/mol. The third-order valence-electron chi connectivity index (χ3n) is 4.40. The van der Waals surface area contributed by atoms with Crippen LogP contribution in [0.1, 0.15) is 32.1 Å². The van der Waals surface area contributed by atoms with Crippen LogP contribution in [0.5, 0.6) is 0 Å². The van der Waals surface area contributed by atoms with Gasteiger partial charge in [0.15, 0.2) is 0 Å². The van der Waals surface area contributed by atoms with Gasteiger partial charge in [0, 0.05) is 12.2 Å². The molecule has 0 bridgehead atoms. The summed E-state index contributed by atoms with van der Waals surface area (Å²) in [6.45, 7) is 0.650. The lowest BCUT2D eigenvalue weighted by Crippen LogP contribution is -2.38. The van der Waals surface area contributed by atoms with E-state index in [0.717, 1.165) is 31.4 Å². The molecule has 2 N–H and O–H groups in total. The maximum absolute atomic E-state index is 10.5. The first-order chi connectivity index (χ1) is 10.3. The molecule has 21 heavy (non-hydrogen) atoms. The van der Waals surface area contributed by atoms with E-state index >= 15 is 0 Å². The molecule has 3 rings (SSSR count). The fraction of sp³-hybridized carbons (Fsp3) is 0.368. The van der Waals surface area contributed by atoms with Gasteiger partial charge in [0.2, 0.25) is 0 Å². The molecule has 0 aromatic heterocycles. The number of benzene rings is 2. The van der Waals surface area contributed by atoms with Gasteiger partial charge in [-0.1, -0.05) is 61.7 Å². The molecule has 0 amide bonds. The van der Waals surface area contributed by atoms with Crippen molar-refractivity contribution in [1.29, 1.82) is 0 Å². The van der Waals surface area contributed by atoms with Crippen molar-refractivity contribution in [1.82, 2.24) is 0 Å². The highest BCUT2D eigenvalue weighted by Gasteiger charge is 2.28. The van der Waals surface area contributed by atoms with E-state index in [9.17, 15) is 5.11 Å². The van der Waals surface area contributed by atoms with Gasteiger partial charge in [-0.05, 0) is 36.1 Å². The van der Waals surface area contributed by atoms with Crippen LogP contribution in [-0.2, 0) is 0 Å². The first-order valence-corrected chi connectivity index (χ1v) is 7.87. The zero-order chi connectivity index (χ0) is 14.5. The first-order valence-electron chi connectivity index (χ1n) is 7.87. The Morgan fingerprint density at radius 2 is 1.43 bits per heavy atom. The standard InChI is InChI=1S/C19H23NO/c21-19(13-5-2-6-14-19)15-20-18-11-9-17(10-12-18)16-7-3-1-4-8-16/h1,3-4,7-12,20-21H,2,5-6,13-15H2. The third-order valence-corrected chi connectivity index (χ3v) is 4.40. The zero-order valence-corrected chi connectivity index (χ0v) is 12.4. The van der Waals surface area contributed by atoms with Crippen molar-refractivity contribution < 1.29 is 5.11 Å². The van der Waals surface area contributed by atoms with Crippen LogP contribution in [0.25, 0.3) is 11.1 Å². The Bertz CT molecular complexity index is 556. The van der Waals surface area contributed by atoms with E-state index in [0.29, 0.717) is 6.54 Å². The SMILES string of the molecule is OC1(CNc2ccc(-c3ccccc3)cc2)CCCCC1. The number of hydrogen-bond donors (Lipinski definition) is 2. The molecular formula is C19H23NO. The molecule has 2 heteroatoms. The highest BCUT2D eigenvalue weighted by atomic mass is 16.3. The summed E-state index contributed by atoms with van der Waals surface area (Å²) in [4.78, 5) is 0. The van der Waals surface area contributed by atoms with Gasteiger partial charge in [0.1, 0.15) is 0 Å². The summed E-state index contributed by atoms with van der Waals surface area (Å²) in [6.07, 6.45) is 5.38. The predicted octanol–water partition coefficient (Wildman–Crippen LogP) is 4.46. The number of hydrogen-bond acceptors (Lipinski definition) is 2. The molecule has 0 spiro atoms. The van der Waals surface area contributed by atoms with Gasteiger partial charge >= 0.3 is 0 Å². The van der Waals surface area contributed by atoms with E-state index in [-0.39, 0.29) is 0 Å². The summed E-state index contributed by atoms with van der Waals surface area (Å²) in [5.41, 5.74) is 3.01. The molecule has 2 aromatic carbocycles. The molecule has 0 atom stereocenters. The summed E-state index contributed by atoms with van der Waals surface area (Å²) in [6, 6.07) is 18.8. The average Bonchev–Trinajstić information content (AvgIpc) is 2.55. The molecule has 1 saturated carbocycles. The Kier molecular flexibility index (Phi) is 4.26. The second kappa shape index (κ2) is 6.31. The maximum Gasteiger partial charge on any atom is 0.0819 e. The molecule has 0 heterocycles. The van der Waals surface area contributed by atoms with Crippen LogP contribution >= 0.6 is 0 Å². The highest BCUT2D eigenvalue weighted by Crippen LogP contribution is 2.28. The van der Waals surface area contributed by atoms with Crippen LogP contribution in [0.4, 0.5) is 5.69 Å². The number of nitrogens with one attached hydrogen (secondary N) is 1. The summed E-state index contributed by atoms with van der Waals surface area (Å²) in [5, 5.41) is 13.9. The molecule has 110 valence electrons. The van der Waals surface area contributed by atoms with Crippen molar-refractivity contribution in [3.63, 3.8) is 0 Å². The lowest BCUT2D eigenvalue weighted by atomic mass is 9.85. The monoisotopic (exact) mass is 281 g/mol. The smallest absolute Gasteiger partial charge is 0.0819 e. The zero-order valence-electron chi connectivity index (χ0n) is 12.4. The first kappa shape index (κ1) is 14.2. The summed E-state index contributed by atoms with van der Waals surface area (Å²) >= 11 is 0. The van der Waals surface area contributed by atoms with Gasteiger partial charge in [0.05, 0.1) is 5.60 Å². The van der Waals surface area contributed by atoms with Crippen molar-refractivity contribution in [3.8, 4) is 11.1 Å². The Balaban J connectivity index is 1.62. The van der Waals surface area contributed by atoms with Gasteiger partial charge in [-0.25, -0.2) is 0 Å². The minimum Gasteiger partial charge on any atom is -0.388 e. The van der Waals surface area contributed by atoms with Crippen LogP contribution in [0, 0.1) is 0 Å². The molecule has 1 aliphatic carbocycles. The minimum absolute atomic E-state index is 0.518. The van der Waals surface area contributed by atoms with Gasteiger partial charge < -0.3 is 10.4 Å². The van der Waals surface area contributed by atoms with Gasteiger partial charge in [0.25, 0.3) is 0 Å². The van der Waals surface area contributed by atoms with Gasteiger partial charge in [-0.3, -0.25) is 0 Å². The van der Waals surface area contributed by atoms with E-state index in [1.54, 1.807) is 0 Å². The fourth-order valence-corrected chi connectivity index (χ4v) is 3.06. The van der Waals surface area contributed by atoms with E-state index < -0.39 is 5.60 Å². The molecule has 1 fully saturated rings. The molecule has 2 aromatic rings. The normalized spacial score (nSPS) is 17.4. The maximum atomic E-state index is 10.5. The number of rotatable bonds is 4. The Morgan fingerprint density at radius 3 is 2.10 bits per heavy atom. The van der Waals surface area contributed by atoms with Crippen molar-refractivity contribution in [2.45, 2.75) is 37.7 Å². The van der Waals surface area contributed by atoms with Crippen molar-refractivity contribution >= 4 is 5.69 Å². The van der Waals surface area contributed by atoms with Crippen LogP contribution in [0.2, 0.25) is 0 Å². The molecular weight excluding hydrogens is 258 g/mol. The topological polar surface area (TPSA) is 32.3 Å². The largest absolute Gasteiger partial charge is 0.388 e. The van der Waals surface area contributed by atoms with E-state index in [2.05, 4.69) is 53.8 Å². The summed E-state index contributed by atoms with van der Waals surface area (Å²) < 4.78 is 0. The van der Waals surface area contributed by atoms with Crippen molar-refractivity contribution in [3.05, 3.63) is 54.6 Å². The number of aliphatic hydroxyl groups is 1. The fourth-order valence-electron chi connectivity index (χ4n) is 3.06. The van der Waals surface area contributed by atoms with Crippen molar-refractivity contribution in [2.75, 3.05) is 11.9 Å². The molecule has 0 unspecified atom stereocenters. The second-order valence-electron chi connectivity index (χ2n) is 6.08. The van der Waals surface area contributed by atoms with Crippen LogP contribution in [0.3, 0.4) is 0 Å². The Labute approximate surface area is 126 Å². The van der Waals surface area contributed by atoms with E-state index in [4.69, 9.17) is 0 Å². The molecule has 1 aliphatic rings. The summed E-state index contributed by atoms with van der Waals surface area (Å²) in [7, 11) is 0. The lowest BCUT2D eigenvalue weighted by Gasteiger charge is -2.32. The quantitative estimate of drug-likeness (QED) is 0.867. The van der Waals surface area contributed by atoms with Crippen LogP contribution in [-0.4, -0.2) is 17.3 Å². The van der Waals surface area contributed by atoms with Gasteiger partial charge in [-0.2, -0.15) is 0 Å². The molecule has 2 nitrogen and oxygen atoms in total. The van der Waals surface area contributed by atoms with Crippen molar-refractivity contribution in [2.24, 2.45) is 0 Å². The molecule has 0 radical (unpaired) electrons. The van der Waals surface area contributed by atoms with E-state index in [1.165, 1.54) is 17.5 Å². The lowest BCUT2D eigenvalue weighted by molar-refractivity contribution is 0.0167. The Morgan fingerprint density at radius 1 is 0.810 bits per heavy atom. The molecule has 0 saturated heterocycles. The van der Waals surface area contributed by atoms with E-state index in [1.807, 2.05) is 6.07 Å². The molecule has 0 aliphatic heterocycles.